The number of rotatable bonds is 5. The Morgan fingerprint density at radius 2 is 2.14 bits per heavy atom. The first-order valence-corrected chi connectivity index (χ1v) is 10.1. The van der Waals surface area contributed by atoms with Gasteiger partial charge >= 0.3 is 0 Å². The standard InChI is InChI=1S/C18H26N6O4S/c1-18(2,3)15(17(27)23-8-10(25)6-12(23)16(26)19-4)24-9-11(20-22-24)13-7-14(28-5)21-29-13/h7,9-10,12,15,25H,6,8H2,1-5H3,(H,19,26)/t10-,12+,15-/m1/s1. The van der Waals surface area contributed by atoms with Gasteiger partial charge in [-0.25, -0.2) is 4.68 Å². The molecule has 158 valence electrons. The van der Waals surface area contributed by atoms with E-state index in [1.54, 1.807) is 12.3 Å². The number of β-amino-alcohol motifs (C(OH)–C–C–N with tert-alkyl or cyclic N) is 1. The molecule has 1 aliphatic heterocycles. The molecular weight excluding hydrogens is 396 g/mol. The van der Waals surface area contributed by atoms with E-state index in [0.29, 0.717) is 11.6 Å². The Morgan fingerprint density at radius 3 is 2.72 bits per heavy atom. The molecule has 11 heteroatoms. The molecule has 2 amide bonds. The van der Waals surface area contributed by atoms with Crippen LogP contribution in [-0.2, 0) is 9.59 Å². The van der Waals surface area contributed by atoms with E-state index in [9.17, 15) is 14.7 Å². The van der Waals surface area contributed by atoms with Crippen molar-refractivity contribution in [2.75, 3.05) is 20.7 Å². The second kappa shape index (κ2) is 8.07. The van der Waals surface area contributed by atoms with Crippen LogP contribution in [0.1, 0.15) is 33.2 Å². The number of aromatic nitrogens is 4. The molecule has 0 aliphatic carbocycles. The molecule has 1 saturated heterocycles. The van der Waals surface area contributed by atoms with Crippen LogP contribution in [0.2, 0.25) is 0 Å². The summed E-state index contributed by atoms with van der Waals surface area (Å²) in [6.45, 7) is 5.88. The van der Waals surface area contributed by atoms with Crippen molar-refractivity contribution in [3.8, 4) is 16.5 Å². The van der Waals surface area contributed by atoms with Gasteiger partial charge in [-0.2, -0.15) is 4.37 Å². The Labute approximate surface area is 173 Å². The van der Waals surface area contributed by atoms with Gasteiger partial charge in [-0.05, 0) is 16.9 Å². The van der Waals surface area contributed by atoms with E-state index in [4.69, 9.17) is 4.74 Å². The number of carbonyl (C=O) groups excluding carboxylic acids is 2. The van der Waals surface area contributed by atoms with Crippen LogP contribution in [0.4, 0.5) is 0 Å². The van der Waals surface area contributed by atoms with E-state index in [0.717, 1.165) is 4.88 Å². The Hall–Kier alpha value is -2.53. The molecule has 2 aromatic heterocycles. The molecular formula is C18H26N6O4S. The average Bonchev–Trinajstić information content (AvgIpc) is 3.38. The molecule has 0 saturated carbocycles. The lowest BCUT2D eigenvalue weighted by Crippen LogP contribution is -2.49. The van der Waals surface area contributed by atoms with E-state index in [1.165, 1.54) is 35.3 Å². The number of carbonyl (C=O) groups is 2. The lowest BCUT2D eigenvalue weighted by molar-refractivity contribution is -0.144. The molecule has 0 unspecified atom stereocenters. The highest BCUT2D eigenvalue weighted by Crippen LogP contribution is 2.35. The van der Waals surface area contributed by atoms with Crippen LogP contribution < -0.4 is 10.1 Å². The molecule has 0 spiro atoms. The van der Waals surface area contributed by atoms with Crippen LogP contribution in [0.25, 0.3) is 10.6 Å². The van der Waals surface area contributed by atoms with Gasteiger partial charge in [0.2, 0.25) is 17.7 Å². The number of aliphatic hydroxyl groups is 1. The highest BCUT2D eigenvalue weighted by atomic mass is 32.1. The largest absolute Gasteiger partial charge is 0.480 e. The zero-order valence-corrected chi connectivity index (χ0v) is 17.9. The van der Waals surface area contributed by atoms with Crippen LogP contribution in [0.3, 0.4) is 0 Å². The zero-order chi connectivity index (χ0) is 21.3. The Balaban J connectivity index is 1.93. The topological polar surface area (TPSA) is 122 Å². The summed E-state index contributed by atoms with van der Waals surface area (Å²) < 4.78 is 10.8. The first-order chi connectivity index (χ1) is 13.7. The van der Waals surface area contributed by atoms with Gasteiger partial charge in [0.05, 0.1) is 24.3 Å². The lowest BCUT2D eigenvalue weighted by atomic mass is 9.85. The SMILES string of the molecule is CNC(=O)[C@@H]1C[C@@H](O)CN1C(=O)[C@@H](n1cc(-c2cc(OC)ns2)nn1)C(C)(C)C. The van der Waals surface area contributed by atoms with Crippen LogP contribution >= 0.6 is 11.5 Å². The minimum atomic E-state index is -0.738. The molecule has 3 rings (SSSR count). The summed E-state index contributed by atoms with van der Waals surface area (Å²) in [5, 5.41) is 21.0. The number of methoxy groups -OCH3 is 1. The number of aliphatic hydroxyl groups excluding tert-OH is 1. The summed E-state index contributed by atoms with van der Waals surface area (Å²) in [6, 6.07) is 0.350. The lowest BCUT2D eigenvalue weighted by Gasteiger charge is -2.34. The Bertz CT molecular complexity index is 889. The molecule has 2 N–H and O–H groups in total. The maximum Gasteiger partial charge on any atom is 0.248 e. The second-order valence-electron chi connectivity index (χ2n) is 8.10. The minimum absolute atomic E-state index is 0.108. The van der Waals surface area contributed by atoms with Crippen molar-refractivity contribution >= 4 is 23.3 Å². The van der Waals surface area contributed by atoms with Crippen LogP contribution in [0, 0.1) is 5.41 Å². The monoisotopic (exact) mass is 422 g/mol. The fourth-order valence-electron chi connectivity index (χ4n) is 3.50. The molecule has 1 aliphatic rings. The number of hydrogen-bond donors (Lipinski definition) is 2. The Morgan fingerprint density at radius 1 is 1.41 bits per heavy atom. The van der Waals surface area contributed by atoms with Crippen molar-refractivity contribution in [2.45, 2.75) is 45.4 Å². The van der Waals surface area contributed by atoms with Crippen molar-refractivity contribution in [2.24, 2.45) is 5.41 Å². The number of hydrogen-bond acceptors (Lipinski definition) is 8. The third kappa shape index (κ3) is 4.25. The van der Waals surface area contributed by atoms with E-state index < -0.39 is 23.6 Å². The fraction of sp³-hybridized carbons (Fsp3) is 0.611. The van der Waals surface area contributed by atoms with Crippen molar-refractivity contribution in [3.63, 3.8) is 0 Å². The summed E-state index contributed by atoms with van der Waals surface area (Å²) in [5.74, 6) is -0.0814. The van der Waals surface area contributed by atoms with E-state index in [2.05, 4.69) is 20.0 Å². The molecule has 0 bridgehead atoms. The van der Waals surface area contributed by atoms with Crippen molar-refractivity contribution in [1.82, 2.24) is 29.6 Å². The van der Waals surface area contributed by atoms with Crippen molar-refractivity contribution in [3.05, 3.63) is 12.3 Å². The van der Waals surface area contributed by atoms with Crippen LogP contribution in [0.5, 0.6) is 5.88 Å². The first kappa shape index (κ1) is 21.2. The molecule has 0 aromatic carbocycles. The summed E-state index contributed by atoms with van der Waals surface area (Å²) in [4.78, 5) is 27.9. The quantitative estimate of drug-likeness (QED) is 0.727. The minimum Gasteiger partial charge on any atom is -0.480 e. The van der Waals surface area contributed by atoms with Gasteiger partial charge in [0.25, 0.3) is 0 Å². The third-order valence-electron chi connectivity index (χ3n) is 4.89. The van der Waals surface area contributed by atoms with Gasteiger partial charge < -0.3 is 20.1 Å². The van der Waals surface area contributed by atoms with E-state index >= 15 is 0 Å². The van der Waals surface area contributed by atoms with E-state index in [-0.39, 0.29) is 24.8 Å². The molecule has 0 radical (unpaired) electrons. The van der Waals surface area contributed by atoms with Gasteiger partial charge in [0.1, 0.15) is 17.8 Å². The van der Waals surface area contributed by atoms with E-state index in [1.807, 2.05) is 20.8 Å². The van der Waals surface area contributed by atoms with Gasteiger partial charge in [0.15, 0.2) is 0 Å². The number of likely N-dealkylation sites (N-methyl/N-ethyl adjacent to an activating group) is 1. The molecule has 2 aromatic rings. The van der Waals surface area contributed by atoms with Crippen LogP contribution in [-0.4, -0.2) is 74.0 Å². The molecule has 3 atom stereocenters. The fourth-order valence-corrected chi connectivity index (χ4v) is 4.16. The summed E-state index contributed by atoms with van der Waals surface area (Å²) in [5.41, 5.74) is 0.0750. The highest BCUT2D eigenvalue weighted by Gasteiger charge is 2.45. The van der Waals surface area contributed by atoms with Gasteiger partial charge in [0, 0.05) is 26.1 Å². The second-order valence-corrected chi connectivity index (χ2v) is 8.90. The van der Waals surface area contributed by atoms with Crippen LogP contribution in [0.15, 0.2) is 12.3 Å². The zero-order valence-electron chi connectivity index (χ0n) is 17.1. The van der Waals surface area contributed by atoms with Crippen molar-refractivity contribution < 1.29 is 19.4 Å². The third-order valence-corrected chi connectivity index (χ3v) is 5.69. The molecule has 3 heterocycles. The summed E-state index contributed by atoms with van der Waals surface area (Å²) >= 11 is 1.23. The maximum absolute atomic E-state index is 13.5. The number of amides is 2. The normalized spacial score (nSPS) is 20.6. The number of ether oxygens (including phenoxy) is 1. The predicted molar refractivity (Wildman–Crippen MR) is 106 cm³/mol. The highest BCUT2D eigenvalue weighted by molar-refractivity contribution is 7.09. The van der Waals surface area contributed by atoms with Crippen molar-refractivity contribution in [1.29, 1.82) is 0 Å². The summed E-state index contributed by atoms with van der Waals surface area (Å²) in [6.07, 6.45) is 1.17. The number of nitrogens with zero attached hydrogens (tertiary/aromatic N) is 5. The Kier molecular flexibility index (Phi) is 5.90. The van der Waals surface area contributed by atoms with Gasteiger partial charge in [-0.3, -0.25) is 9.59 Å². The summed E-state index contributed by atoms with van der Waals surface area (Å²) in [7, 11) is 3.06. The smallest absolute Gasteiger partial charge is 0.248 e. The van der Waals surface area contributed by atoms with Gasteiger partial charge in [-0.1, -0.05) is 26.0 Å². The molecule has 1 fully saturated rings. The first-order valence-electron chi connectivity index (χ1n) is 9.28. The molecule has 29 heavy (non-hydrogen) atoms. The van der Waals surface area contributed by atoms with Gasteiger partial charge in [-0.15, -0.1) is 5.10 Å². The number of nitrogens with one attached hydrogen (secondary N) is 1. The number of likely N-dealkylation sites (tertiary alicyclic amines) is 1. The maximum atomic E-state index is 13.5. The average molecular weight is 423 g/mol. The molecule has 10 nitrogen and oxygen atoms in total. The predicted octanol–water partition coefficient (Wildman–Crippen LogP) is 0.705.